The Labute approximate surface area is 104 Å². The molecule has 1 aliphatic rings. The van der Waals surface area contributed by atoms with E-state index in [0.29, 0.717) is 11.8 Å². The highest BCUT2D eigenvalue weighted by Crippen LogP contribution is 2.29. The van der Waals surface area contributed by atoms with E-state index in [9.17, 15) is 5.11 Å². The van der Waals surface area contributed by atoms with Crippen molar-refractivity contribution in [2.75, 3.05) is 0 Å². The molecule has 1 aliphatic carbocycles. The van der Waals surface area contributed by atoms with Gasteiger partial charge in [0.05, 0.1) is 6.10 Å². The monoisotopic (exact) mass is 233 g/mol. The molecule has 1 aromatic rings. The molecule has 1 aromatic heterocycles. The molecule has 17 heavy (non-hydrogen) atoms. The summed E-state index contributed by atoms with van der Waals surface area (Å²) in [6.45, 7) is 4.31. The van der Waals surface area contributed by atoms with Crippen LogP contribution in [0.5, 0.6) is 0 Å². The van der Waals surface area contributed by atoms with Gasteiger partial charge in [0.1, 0.15) is 0 Å². The molecule has 94 valence electrons. The summed E-state index contributed by atoms with van der Waals surface area (Å²) in [5, 5.41) is 9.93. The number of hydrogen-bond donors (Lipinski definition) is 1. The Morgan fingerprint density at radius 1 is 1.29 bits per heavy atom. The fraction of sp³-hybridized carbons (Fsp3) is 0.667. The SMILES string of the molecule is Cc1ccc(C[C@@H]2CC[C@H](C)C[C@@H](O)C2)nc1. The van der Waals surface area contributed by atoms with Crippen LogP contribution in [0.3, 0.4) is 0 Å². The minimum absolute atomic E-state index is 0.108. The van der Waals surface area contributed by atoms with Crippen molar-refractivity contribution in [3.8, 4) is 0 Å². The van der Waals surface area contributed by atoms with Crippen LogP contribution in [0.25, 0.3) is 0 Å². The van der Waals surface area contributed by atoms with Crippen molar-refractivity contribution in [1.29, 1.82) is 0 Å². The zero-order valence-corrected chi connectivity index (χ0v) is 10.9. The molecule has 1 heterocycles. The van der Waals surface area contributed by atoms with Gasteiger partial charge in [0, 0.05) is 11.9 Å². The Kier molecular flexibility index (Phi) is 4.16. The van der Waals surface area contributed by atoms with Crippen molar-refractivity contribution < 1.29 is 5.11 Å². The van der Waals surface area contributed by atoms with Gasteiger partial charge in [-0.1, -0.05) is 19.4 Å². The predicted octanol–water partition coefficient (Wildman–Crippen LogP) is 3.12. The first-order chi connectivity index (χ1) is 8.13. The number of aliphatic hydroxyl groups excluding tert-OH is 1. The van der Waals surface area contributed by atoms with Crippen molar-refractivity contribution in [2.45, 2.75) is 52.1 Å². The Morgan fingerprint density at radius 2 is 2.12 bits per heavy atom. The first kappa shape index (κ1) is 12.6. The standard InChI is InChI=1S/C15H23NO/c1-11-3-5-13(9-15(17)7-11)8-14-6-4-12(2)10-16-14/h4,6,10-11,13,15,17H,3,5,7-9H2,1-2H3/t11-,13-,15+/m0/s1. The first-order valence-electron chi connectivity index (χ1n) is 6.73. The number of aromatic nitrogens is 1. The van der Waals surface area contributed by atoms with Gasteiger partial charge < -0.3 is 5.11 Å². The summed E-state index contributed by atoms with van der Waals surface area (Å²) in [5.41, 5.74) is 2.38. The lowest BCUT2D eigenvalue weighted by Gasteiger charge is -2.15. The molecule has 0 bridgehead atoms. The van der Waals surface area contributed by atoms with Crippen LogP contribution in [0.2, 0.25) is 0 Å². The summed E-state index contributed by atoms with van der Waals surface area (Å²) in [6.07, 6.45) is 7.23. The summed E-state index contributed by atoms with van der Waals surface area (Å²) in [7, 11) is 0. The molecule has 0 unspecified atom stereocenters. The van der Waals surface area contributed by atoms with E-state index in [1.807, 2.05) is 6.20 Å². The molecule has 0 saturated heterocycles. The Morgan fingerprint density at radius 3 is 2.82 bits per heavy atom. The molecule has 0 radical (unpaired) electrons. The second-order valence-corrected chi connectivity index (χ2v) is 5.70. The number of rotatable bonds is 2. The third kappa shape index (κ3) is 3.81. The molecule has 0 spiro atoms. The minimum atomic E-state index is -0.108. The molecular weight excluding hydrogens is 210 g/mol. The van der Waals surface area contributed by atoms with E-state index in [4.69, 9.17) is 0 Å². The molecule has 0 amide bonds. The van der Waals surface area contributed by atoms with E-state index >= 15 is 0 Å². The summed E-state index contributed by atoms with van der Waals surface area (Å²) < 4.78 is 0. The lowest BCUT2D eigenvalue weighted by molar-refractivity contribution is 0.131. The molecule has 2 nitrogen and oxygen atoms in total. The highest BCUT2D eigenvalue weighted by atomic mass is 16.3. The highest BCUT2D eigenvalue weighted by Gasteiger charge is 2.22. The Bertz CT molecular complexity index is 346. The molecule has 0 aliphatic heterocycles. The van der Waals surface area contributed by atoms with Gasteiger partial charge in [-0.15, -0.1) is 0 Å². The zero-order chi connectivity index (χ0) is 12.3. The van der Waals surface area contributed by atoms with Crippen LogP contribution in [0.4, 0.5) is 0 Å². The molecule has 2 heteroatoms. The van der Waals surface area contributed by atoms with Gasteiger partial charge in [0.15, 0.2) is 0 Å². The number of aryl methyl sites for hydroxylation is 1. The van der Waals surface area contributed by atoms with Crippen LogP contribution in [0, 0.1) is 18.8 Å². The molecular formula is C15H23NO. The number of pyridine rings is 1. The average molecular weight is 233 g/mol. The quantitative estimate of drug-likeness (QED) is 0.796. The second-order valence-electron chi connectivity index (χ2n) is 5.70. The lowest BCUT2D eigenvalue weighted by Crippen LogP contribution is -2.13. The third-order valence-corrected chi connectivity index (χ3v) is 3.82. The number of nitrogens with zero attached hydrogens (tertiary/aromatic N) is 1. The van der Waals surface area contributed by atoms with Gasteiger partial charge in [0.25, 0.3) is 0 Å². The fourth-order valence-corrected chi connectivity index (χ4v) is 2.80. The first-order valence-corrected chi connectivity index (χ1v) is 6.73. The van der Waals surface area contributed by atoms with E-state index in [1.165, 1.54) is 24.1 Å². The van der Waals surface area contributed by atoms with Crippen molar-refractivity contribution in [2.24, 2.45) is 11.8 Å². The van der Waals surface area contributed by atoms with Crippen molar-refractivity contribution in [1.82, 2.24) is 4.98 Å². The summed E-state index contributed by atoms with van der Waals surface area (Å²) in [6, 6.07) is 4.24. The Balaban J connectivity index is 1.96. The van der Waals surface area contributed by atoms with Crippen LogP contribution in [-0.4, -0.2) is 16.2 Å². The largest absolute Gasteiger partial charge is 0.393 e. The van der Waals surface area contributed by atoms with E-state index in [2.05, 4.69) is 31.0 Å². The maximum absolute atomic E-state index is 9.93. The number of aliphatic hydroxyl groups is 1. The maximum atomic E-state index is 9.93. The fourth-order valence-electron chi connectivity index (χ4n) is 2.80. The molecule has 1 saturated carbocycles. The molecule has 0 aromatic carbocycles. The van der Waals surface area contributed by atoms with Gasteiger partial charge in [-0.3, -0.25) is 4.98 Å². The molecule has 1 N–H and O–H groups in total. The summed E-state index contributed by atoms with van der Waals surface area (Å²) in [5.74, 6) is 1.27. The predicted molar refractivity (Wildman–Crippen MR) is 69.8 cm³/mol. The van der Waals surface area contributed by atoms with Gasteiger partial charge in [-0.25, -0.2) is 0 Å². The summed E-state index contributed by atoms with van der Waals surface area (Å²) >= 11 is 0. The van der Waals surface area contributed by atoms with E-state index in [1.54, 1.807) is 0 Å². The van der Waals surface area contributed by atoms with Gasteiger partial charge in [0.2, 0.25) is 0 Å². The minimum Gasteiger partial charge on any atom is -0.393 e. The van der Waals surface area contributed by atoms with Crippen molar-refractivity contribution in [3.05, 3.63) is 29.6 Å². The zero-order valence-electron chi connectivity index (χ0n) is 10.9. The topological polar surface area (TPSA) is 33.1 Å². The normalized spacial score (nSPS) is 29.9. The Hall–Kier alpha value is -0.890. The van der Waals surface area contributed by atoms with Crippen LogP contribution in [-0.2, 0) is 6.42 Å². The molecule has 3 atom stereocenters. The highest BCUT2D eigenvalue weighted by molar-refractivity contribution is 5.12. The van der Waals surface area contributed by atoms with Gasteiger partial charge in [-0.2, -0.15) is 0 Å². The van der Waals surface area contributed by atoms with Gasteiger partial charge >= 0.3 is 0 Å². The maximum Gasteiger partial charge on any atom is 0.0545 e. The van der Waals surface area contributed by atoms with Crippen molar-refractivity contribution in [3.63, 3.8) is 0 Å². The number of hydrogen-bond acceptors (Lipinski definition) is 2. The average Bonchev–Trinajstić information content (AvgIpc) is 2.43. The smallest absolute Gasteiger partial charge is 0.0545 e. The van der Waals surface area contributed by atoms with Crippen LogP contribution in [0.1, 0.15) is 43.9 Å². The molecule has 1 fully saturated rings. The second kappa shape index (κ2) is 5.63. The van der Waals surface area contributed by atoms with Crippen molar-refractivity contribution >= 4 is 0 Å². The van der Waals surface area contributed by atoms with Crippen LogP contribution in [0.15, 0.2) is 18.3 Å². The van der Waals surface area contributed by atoms with E-state index < -0.39 is 0 Å². The van der Waals surface area contributed by atoms with Crippen LogP contribution >= 0.6 is 0 Å². The lowest BCUT2D eigenvalue weighted by atomic mass is 9.93. The van der Waals surface area contributed by atoms with E-state index in [0.717, 1.165) is 19.3 Å². The van der Waals surface area contributed by atoms with E-state index in [-0.39, 0.29) is 6.10 Å². The van der Waals surface area contributed by atoms with Crippen LogP contribution < -0.4 is 0 Å². The summed E-state index contributed by atoms with van der Waals surface area (Å²) in [4.78, 5) is 4.47. The molecule has 2 rings (SSSR count). The van der Waals surface area contributed by atoms with Gasteiger partial charge in [-0.05, 0) is 56.1 Å². The third-order valence-electron chi connectivity index (χ3n) is 3.82.